The Bertz CT molecular complexity index is 2320. The Morgan fingerprint density at radius 2 is 0.902 bits per heavy atom. The van der Waals surface area contributed by atoms with Gasteiger partial charge < -0.3 is 0 Å². The predicted molar refractivity (Wildman–Crippen MR) is 209 cm³/mol. The molecule has 0 unspecified atom stereocenters. The minimum absolute atomic E-state index is 0.264. The first-order chi connectivity index (χ1) is 24.9. The molecule has 4 aromatic heterocycles. The standard InChI is InChI=1S/C40H31N7S4/c1-40(2,3)38-43-45-39(46-44-38)47-34-24-30(48-26-10-8-12-28(22-26)50-36-14-4-6-20-41-36)16-18-32(34)33-19-17-31(25-35(33)47)49-27-11-9-13-29(23-27)51-37-15-5-7-21-42-37/h4-25H,1-3H3. The second kappa shape index (κ2) is 14.5. The first-order valence-electron chi connectivity index (χ1n) is 16.3. The van der Waals surface area contributed by atoms with Crippen LogP contribution < -0.4 is 0 Å². The number of hydrogen-bond acceptors (Lipinski definition) is 10. The Hall–Kier alpha value is -4.68. The van der Waals surface area contributed by atoms with Crippen molar-refractivity contribution in [1.29, 1.82) is 0 Å². The molecule has 0 aliphatic heterocycles. The Balaban J connectivity index is 1.16. The van der Waals surface area contributed by atoms with Crippen molar-refractivity contribution in [3.8, 4) is 5.95 Å². The van der Waals surface area contributed by atoms with E-state index in [1.54, 1.807) is 47.0 Å². The van der Waals surface area contributed by atoms with Gasteiger partial charge in [0.15, 0.2) is 5.82 Å². The largest absolute Gasteiger partial charge is 0.275 e. The van der Waals surface area contributed by atoms with Crippen LogP contribution in [-0.4, -0.2) is 34.9 Å². The van der Waals surface area contributed by atoms with Crippen LogP contribution in [0, 0.1) is 0 Å². The number of benzene rings is 4. The topological polar surface area (TPSA) is 82.3 Å². The van der Waals surface area contributed by atoms with Crippen molar-refractivity contribution >= 4 is 68.9 Å². The molecule has 0 atom stereocenters. The van der Waals surface area contributed by atoms with Gasteiger partial charge in [-0.3, -0.25) is 4.57 Å². The molecule has 0 radical (unpaired) electrons. The van der Waals surface area contributed by atoms with E-state index in [4.69, 9.17) is 0 Å². The summed E-state index contributed by atoms with van der Waals surface area (Å²) >= 11 is 6.76. The van der Waals surface area contributed by atoms with Gasteiger partial charge in [-0.25, -0.2) is 9.97 Å². The third-order valence-corrected chi connectivity index (χ3v) is 11.7. The molecule has 8 rings (SSSR count). The van der Waals surface area contributed by atoms with E-state index in [1.165, 1.54) is 0 Å². The molecule has 51 heavy (non-hydrogen) atoms. The smallest absolute Gasteiger partial charge is 0.273 e. The first kappa shape index (κ1) is 33.5. The Kier molecular flexibility index (Phi) is 9.52. The van der Waals surface area contributed by atoms with Gasteiger partial charge in [-0.15, -0.1) is 20.4 Å². The van der Waals surface area contributed by atoms with E-state index in [2.05, 4.69) is 141 Å². The second-order valence-corrected chi connectivity index (χ2v) is 17.1. The van der Waals surface area contributed by atoms with Crippen molar-refractivity contribution in [3.63, 3.8) is 0 Å². The summed E-state index contributed by atoms with van der Waals surface area (Å²) in [4.78, 5) is 15.7. The summed E-state index contributed by atoms with van der Waals surface area (Å²) in [6.45, 7) is 6.19. The monoisotopic (exact) mass is 737 g/mol. The van der Waals surface area contributed by atoms with Crippen LogP contribution in [0.15, 0.2) is 173 Å². The average molecular weight is 738 g/mol. The van der Waals surface area contributed by atoms with E-state index in [0.29, 0.717) is 11.8 Å². The zero-order valence-electron chi connectivity index (χ0n) is 28.0. The summed E-state index contributed by atoms with van der Waals surface area (Å²) in [6.07, 6.45) is 3.65. The van der Waals surface area contributed by atoms with E-state index in [1.807, 2.05) is 48.8 Å². The molecule has 11 heteroatoms. The molecule has 250 valence electrons. The molecule has 8 aromatic rings. The van der Waals surface area contributed by atoms with Gasteiger partial charge in [0.05, 0.1) is 11.0 Å². The van der Waals surface area contributed by atoms with E-state index in [0.717, 1.165) is 61.2 Å². The third kappa shape index (κ3) is 7.67. The fraction of sp³-hybridized carbons (Fsp3) is 0.100. The number of rotatable bonds is 9. The van der Waals surface area contributed by atoms with Crippen LogP contribution >= 0.6 is 47.0 Å². The van der Waals surface area contributed by atoms with Crippen LogP contribution in [0.5, 0.6) is 0 Å². The highest BCUT2D eigenvalue weighted by molar-refractivity contribution is 8.00. The summed E-state index contributed by atoms with van der Waals surface area (Å²) in [5.74, 6) is 1.04. The number of fused-ring (bicyclic) bond motifs is 3. The average Bonchev–Trinajstić information content (AvgIpc) is 3.45. The second-order valence-electron chi connectivity index (χ2n) is 12.7. The molecule has 0 saturated heterocycles. The van der Waals surface area contributed by atoms with Crippen LogP contribution in [-0.2, 0) is 5.41 Å². The molecule has 0 amide bonds. The molecule has 0 spiro atoms. The summed E-state index contributed by atoms with van der Waals surface area (Å²) in [5.41, 5.74) is 1.73. The van der Waals surface area contributed by atoms with Crippen LogP contribution in [0.3, 0.4) is 0 Å². The van der Waals surface area contributed by atoms with Gasteiger partial charge >= 0.3 is 0 Å². The molecule has 0 saturated carbocycles. The molecule has 0 aliphatic carbocycles. The number of aromatic nitrogens is 7. The van der Waals surface area contributed by atoms with E-state index < -0.39 is 0 Å². The minimum Gasteiger partial charge on any atom is -0.275 e. The highest BCUT2D eigenvalue weighted by Gasteiger charge is 2.21. The fourth-order valence-corrected chi connectivity index (χ4v) is 9.11. The summed E-state index contributed by atoms with van der Waals surface area (Å²) in [5, 5.41) is 22.5. The van der Waals surface area contributed by atoms with E-state index in [-0.39, 0.29) is 5.41 Å². The van der Waals surface area contributed by atoms with Gasteiger partial charge in [-0.2, -0.15) is 0 Å². The minimum atomic E-state index is -0.264. The maximum Gasteiger partial charge on any atom is 0.273 e. The molecule has 4 aromatic carbocycles. The van der Waals surface area contributed by atoms with Crippen molar-refractivity contribution in [1.82, 2.24) is 34.9 Å². The highest BCUT2D eigenvalue weighted by atomic mass is 32.2. The molecule has 0 aliphatic rings. The molecule has 0 N–H and O–H groups in total. The quantitative estimate of drug-likeness (QED) is 0.143. The van der Waals surface area contributed by atoms with Gasteiger partial charge in [-0.05, 0) is 84.9 Å². The Morgan fingerprint density at radius 1 is 0.451 bits per heavy atom. The van der Waals surface area contributed by atoms with Crippen molar-refractivity contribution in [2.75, 3.05) is 0 Å². The summed E-state index contributed by atoms with van der Waals surface area (Å²) in [6, 6.07) is 42.3. The van der Waals surface area contributed by atoms with Crippen molar-refractivity contribution < 1.29 is 0 Å². The third-order valence-electron chi connectivity index (χ3n) is 7.85. The van der Waals surface area contributed by atoms with Gasteiger partial charge in [-0.1, -0.05) is 104 Å². The van der Waals surface area contributed by atoms with Crippen molar-refractivity contribution in [3.05, 3.63) is 140 Å². The number of nitrogens with zero attached hydrogens (tertiary/aromatic N) is 7. The van der Waals surface area contributed by atoms with Gasteiger partial charge in [0.25, 0.3) is 5.95 Å². The zero-order chi connectivity index (χ0) is 34.8. The SMILES string of the molecule is CC(C)(C)c1nnc(-n2c3cc(Sc4cccc(Sc5ccccn5)c4)ccc3c3ccc(Sc4cccc(Sc5ccccn5)c4)cc32)nn1. The molecular formula is C40H31N7S4. The Morgan fingerprint density at radius 3 is 1.33 bits per heavy atom. The van der Waals surface area contributed by atoms with Crippen LogP contribution in [0.4, 0.5) is 0 Å². The maximum atomic E-state index is 4.63. The van der Waals surface area contributed by atoms with Crippen molar-refractivity contribution in [2.24, 2.45) is 0 Å². The van der Waals surface area contributed by atoms with Crippen LogP contribution in [0.1, 0.15) is 26.6 Å². The number of pyridine rings is 2. The lowest BCUT2D eigenvalue weighted by molar-refractivity contribution is 0.516. The lowest BCUT2D eigenvalue weighted by atomic mass is 9.96. The molecule has 0 bridgehead atoms. The predicted octanol–water partition coefficient (Wildman–Crippen LogP) is 11.1. The first-order valence-corrected chi connectivity index (χ1v) is 19.5. The lowest BCUT2D eigenvalue weighted by Gasteiger charge is -2.14. The molecule has 7 nitrogen and oxygen atoms in total. The van der Waals surface area contributed by atoms with Gasteiger partial charge in [0.2, 0.25) is 0 Å². The van der Waals surface area contributed by atoms with Gasteiger partial charge in [0, 0.05) is 58.0 Å². The molecular weight excluding hydrogens is 707 g/mol. The van der Waals surface area contributed by atoms with E-state index >= 15 is 0 Å². The highest BCUT2D eigenvalue weighted by Crippen LogP contribution is 2.40. The zero-order valence-corrected chi connectivity index (χ0v) is 31.2. The summed E-state index contributed by atoms with van der Waals surface area (Å²) in [7, 11) is 0. The Labute approximate surface area is 313 Å². The fourth-order valence-electron chi connectivity index (χ4n) is 5.47. The summed E-state index contributed by atoms with van der Waals surface area (Å²) < 4.78 is 2.09. The lowest BCUT2D eigenvalue weighted by Crippen LogP contribution is -2.19. The van der Waals surface area contributed by atoms with Gasteiger partial charge in [0.1, 0.15) is 10.1 Å². The molecule has 4 heterocycles. The van der Waals surface area contributed by atoms with E-state index in [9.17, 15) is 0 Å². The molecule has 0 fully saturated rings. The van der Waals surface area contributed by atoms with Crippen molar-refractivity contribution in [2.45, 2.75) is 65.6 Å². The normalized spacial score (nSPS) is 11.7. The van der Waals surface area contributed by atoms with Crippen LogP contribution in [0.25, 0.3) is 27.8 Å². The van der Waals surface area contributed by atoms with Crippen LogP contribution in [0.2, 0.25) is 0 Å². The number of hydrogen-bond donors (Lipinski definition) is 0. The maximum absolute atomic E-state index is 4.63.